The molecular formula is C14H22N2+2. The van der Waals surface area contributed by atoms with Crippen LogP contribution in [0.2, 0.25) is 0 Å². The van der Waals surface area contributed by atoms with Crippen LogP contribution in [0.15, 0.2) is 42.9 Å². The van der Waals surface area contributed by atoms with E-state index in [1.165, 1.54) is 11.1 Å². The minimum Gasteiger partial charge on any atom is -0.320 e. The highest BCUT2D eigenvalue weighted by Crippen LogP contribution is 2.13. The molecule has 0 saturated carbocycles. The summed E-state index contributed by atoms with van der Waals surface area (Å²) in [5.74, 6) is 0. The van der Waals surface area contributed by atoms with Gasteiger partial charge in [-0.05, 0) is 38.0 Å². The van der Waals surface area contributed by atoms with E-state index in [-0.39, 0.29) is 0 Å². The molecule has 0 aliphatic heterocycles. The summed E-state index contributed by atoms with van der Waals surface area (Å²) >= 11 is 0. The molecule has 1 rings (SSSR count). The van der Waals surface area contributed by atoms with Crippen LogP contribution in [0.25, 0.3) is 5.57 Å². The standard InChI is InChI=1S/C14H21N2/c1-4-13(7-10-15-5-2)14-8-11-16(6-3)12-9-14/h4,7-12,15H,5-6H2,1-3H3/q+1/p+1/b10-7-,13-4+. The van der Waals surface area contributed by atoms with Gasteiger partial charge in [0, 0.05) is 12.1 Å². The molecule has 2 nitrogen and oxygen atoms in total. The second-order valence-electron chi connectivity index (χ2n) is 3.66. The Morgan fingerprint density at radius 3 is 2.50 bits per heavy atom. The van der Waals surface area contributed by atoms with Gasteiger partial charge in [0.15, 0.2) is 12.4 Å². The van der Waals surface area contributed by atoms with Crippen molar-refractivity contribution in [2.75, 3.05) is 6.54 Å². The first-order chi connectivity index (χ1) is 7.81. The summed E-state index contributed by atoms with van der Waals surface area (Å²) < 4.78 is 2.17. The van der Waals surface area contributed by atoms with E-state index in [0.717, 1.165) is 13.1 Å². The molecular weight excluding hydrogens is 196 g/mol. The van der Waals surface area contributed by atoms with Crippen LogP contribution in [0.1, 0.15) is 26.3 Å². The molecule has 1 aromatic heterocycles. The van der Waals surface area contributed by atoms with Crippen molar-refractivity contribution in [1.29, 1.82) is 0 Å². The van der Waals surface area contributed by atoms with Gasteiger partial charge in [-0.3, -0.25) is 0 Å². The largest absolute Gasteiger partial charge is 0.320 e. The highest BCUT2D eigenvalue weighted by Gasteiger charge is 2.00. The Morgan fingerprint density at radius 2 is 2.00 bits per heavy atom. The third kappa shape index (κ3) is 3.63. The fourth-order valence-electron chi connectivity index (χ4n) is 1.53. The van der Waals surface area contributed by atoms with Crippen molar-refractivity contribution in [2.45, 2.75) is 27.3 Å². The van der Waals surface area contributed by atoms with E-state index in [0.29, 0.717) is 0 Å². The van der Waals surface area contributed by atoms with Crippen molar-refractivity contribution in [1.82, 2.24) is 0 Å². The van der Waals surface area contributed by atoms with Crippen LogP contribution in [0, 0.1) is 0 Å². The fraction of sp³-hybridized carbons (Fsp3) is 0.357. The number of nitrogens with zero attached hydrogens (tertiary/aromatic N) is 1. The van der Waals surface area contributed by atoms with Gasteiger partial charge in [0.05, 0.1) is 12.7 Å². The molecule has 0 saturated heterocycles. The smallest absolute Gasteiger partial charge is 0.169 e. The molecule has 0 spiro atoms. The monoisotopic (exact) mass is 218 g/mol. The zero-order valence-corrected chi connectivity index (χ0v) is 10.5. The Bertz CT molecular complexity index is 361. The Balaban J connectivity index is 2.80. The number of rotatable bonds is 5. The first-order valence-electron chi connectivity index (χ1n) is 5.97. The van der Waals surface area contributed by atoms with E-state index in [1.54, 1.807) is 0 Å². The fourth-order valence-corrected chi connectivity index (χ4v) is 1.53. The van der Waals surface area contributed by atoms with E-state index < -0.39 is 0 Å². The second kappa shape index (κ2) is 6.96. The molecule has 0 fully saturated rings. The number of pyridine rings is 1. The molecule has 2 heteroatoms. The minimum atomic E-state index is 1.02. The quantitative estimate of drug-likeness (QED) is 0.571. The summed E-state index contributed by atoms with van der Waals surface area (Å²) in [7, 11) is 0. The van der Waals surface area contributed by atoms with Crippen molar-refractivity contribution in [3.05, 3.63) is 48.4 Å². The number of hydrogen-bond donors (Lipinski definition) is 1. The van der Waals surface area contributed by atoms with Crippen LogP contribution in [-0.4, -0.2) is 6.54 Å². The topological polar surface area (TPSA) is 20.5 Å². The third-order valence-corrected chi connectivity index (χ3v) is 2.55. The van der Waals surface area contributed by atoms with Crippen molar-refractivity contribution in [3.8, 4) is 0 Å². The van der Waals surface area contributed by atoms with Gasteiger partial charge in [0.25, 0.3) is 0 Å². The maximum absolute atomic E-state index is 2.17. The Morgan fingerprint density at radius 1 is 1.31 bits per heavy atom. The molecule has 0 amide bonds. The summed E-state index contributed by atoms with van der Waals surface area (Å²) in [5.41, 5.74) is 2.54. The zero-order valence-electron chi connectivity index (χ0n) is 10.5. The maximum atomic E-state index is 2.17. The van der Waals surface area contributed by atoms with Crippen LogP contribution in [0.5, 0.6) is 0 Å². The average Bonchev–Trinajstić information content (AvgIpc) is 2.35. The summed E-state index contributed by atoms with van der Waals surface area (Å²) in [6.45, 7) is 8.47. The summed E-state index contributed by atoms with van der Waals surface area (Å²) in [6, 6.07) is 4.32. The SMILES string of the molecule is C/C=C(\C=C/[NH2+]CC)c1cc[n+](CC)cc1. The lowest BCUT2D eigenvalue weighted by Gasteiger charge is -2.00. The second-order valence-corrected chi connectivity index (χ2v) is 3.66. The molecule has 0 aliphatic carbocycles. The van der Waals surface area contributed by atoms with Crippen LogP contribution in [0.3, 0.4) is 0 Å². The molecule has 1 aromatic rings. The predicted octanol–water partition coefficient (Wildman–Crippen LogP) is 1.49. The molecule has 0 unspecified atom stereocenters. The van der Waals surface area contributed by atoms with Crippen LogP contribution in [-0.2, 0) is 6.54 Å². The lowest BCUT2D eigenvalue weighted by molar-refractivity contribution is -0.693. The van der Waals surface area contributed by atoms with Gasteiger partial charge in [-0.15, -0.1) is 0 Å². The number of aryl methyl sites for hydroxylation is 1. The predicted molar refractivity (Wildman–Crippen MR) is 67.6 cm³/mol. The molecule has 2 N–H and O–H groups in total. The Kier molecular flexibility index (Phi) is 5.51. The highest BCUT2D eigenvalue weighted by molar-refractivity contribution is 5.72. The normalized spacial score (nSPS) is 12.3. The number of hydrogen-bond acceptors (Lipinski definition) is 0. The lowest BCUT2D eigenvalue weighted by atomic mass is 10.1. The van der Waals surface area contributed by atoms with Crippen LogP contribution >= 0.6 is 0 Å². The van der Waals surface area contributed by atoms with Gasteiger partial charge in [-0.2, -0.15) is 0 Å². The van der Waals surface area contributed by atoms with Gasteiger partial charge in [0.1, 0.15) is 6.54 Å². The van der Waals surface area contributed by atoms with Crippen LogP contribution in [0.4, 0.5) is 0 Å². The molecule has 1 heterocycles. The summed E-state index contributed by atoms with van der Waals surface area (Å²) in [6.07, 6.45) is 10.7. The Labute approximate surface area is 98.3 Å². The van der Waals surface area contributed by atoms with Crippen molar-refractivity contribution in [3.63, 3.8) is 0 Å². The van der Waals surface area contributed by atoms with Gasteiger partial charge >= 0.3 is 0 Å². The third-order valence-electron chi connectivity index (χ3n) is 2.55. The molecule has 16 heavy (non-hydrogen) atoms. The van der Waals surface area contributed by atoms with E-state index in [4.69, 9.17) is 0 Å². The maximum Gasteiger partial charge on any atom is 0.169 e. The molecule has 86 valence electrons. The number of quaternary nitrogens is 1. The lowest BCUT2D eigenvalue weighted by Crippen LogP contribution is -2.77. The van der Waals surface area contributed by atoms with E-state index >= 15 is 0 Å². The first kappa shape index (κ1) is 12.7. The van der Waals surface area contributed by atoms with Crippen molar-refractivity contribution in [2.24, 2.45) is 0 Å². The van der Waals surface area contributed by atoms with Crippen LogP contribution < -0.4 is 9.88 Å². The summed E-state index contributed by atoms with van der Waals surface area (Å²) in [5, 5.41) is 2.17. The molecule has 0 radical (unpaired) electrons. The van der Waals surface area contributed by atoms with Crippen molar-refractivity contribution < 1.29 is 9.88 Å². The van der Waals surface area contributed by atoms with E-state index in [1.807, 2.05) is 0 Å². The van der Waals surface area contributed by atoms with Crippen molar-refractivity contribution >= 4 is 5.57 Å². The van der Waals surface area contributed by atoms with Gasteiger partial charge in [0.2, 0.25) is 0 Å². The molecule has 0 bridgehead atoms. The Hall–Kier alpha value is -1.41. The number of aromatic nitrogens is 1. The average molecular weight is 218 g/mol. The molecule has 0 aromatic carbocycles. The van der Waals surface area contributed by atoms with E-state index in [2.05, 4.69) is 73.5 Å². The minimum absolute atomic E-state index is 1.02. The van der Waals surface area contributed by atoms with E-state index in [9.17, 15) is 0 Å². The number of allylic oxidation sites excluding steroid dienone is 3. The highest BCUT2D eigenvalue weighted by atomic mass is 14.9. The zero-order chi connectivity index (χ0) is 11.8. The number of nitrogens with two attached hydrogens (primary N) is 1. The summed E-state index contributed by atoms with van der Waals surface area (Å²) in [4.78, 5) is 0. The molecule has 0 aliphatic rings. The van der Waals surface area contributed by atoms with Gasteiger partial charge in [-0.25, -0.2) is 4.57 Å². The molecule has 0 atom stereocenters. The van der Waals surface area contributed by atoms with Gasteiger partial charge in [-0.1, -0.05) is 6.08 Å². The first-order valence-corrected chi connectivity index (χ1v) is 5.97. The van der Waals surface area contributed by atoms with Gasteiger partial charge < -0.3 is 5.32 Å².